The van der Waals surface area contributed by atoms with Crippen LogP contribution in [-0.4, -0.2) is 5.78 Å². The highest BCUT2D eigenvalue weighted by atomic mass is 16.1. The molecule has 2 aromatic carbocycles. The number of benzene rings is 2. The van der Waals surface area contributed by atoms with Crippen LogP contribution in [-0.2, 0) is 12.8 Å². The first-order valence-electron chi connectivity index (χ1n) is 7.10. The summed E-state index contributed by atoms with van der Waals surface area (Å²) in [6, 6.07) is 11.7. The first-order chi connectivity index (χ1) is 9.58. The summed E-state index contributed by atoms with van der Waals surface area (Å²) in [6.45, 7) is 6.07. The minimum Gasteiger partial charge on any atom is -0.398 e. The molecule has 0 radical (unpaired) electrons. The summed E-state index contributed by atoms with van der Waals surface area (Å²) < 4.78 is 0. The summed E-state index contributed by atoms with van der Waals surface area (Å²) in [5.74, 6) is 0.0713. The molecule has 0 amide bonds. The normalized spacial score (nSPS) is 10.6. The van der Waals surface area contributed by atoms with Gasteiger partial charge in [0.05, 0.1) is 0 Å². The fraction of sp³-hybridized carbons (Fsp3) is 0.278. The molecule has 0 atom stereocenters. The van der Waals surface area contributed by atoms with Crippen LogP contribution in [0.4, 0.5) is 5.69 Å². The number of anilines is 1. The van der Waals surface area contributed by atoms with Crippen LogP contribution in [0, 0.1) is 6.92 Å². The smallest absolute Gasteiger partial charge is 0.193 e. The molecule has 2 nitrogen and oxygen atoms in total. The van der Waals surface area contributed by atoms with Crippen molar-refractivity contribution in [3.8, 4) is 0 Å². The molecule has 0 spiro atoms. The average Bonchev–Trinajstić information content (AvgIpc) is 2.48. The Kier molecular flexibility index (Phi) is 4.23. The van der Waals surface area contributed by atoms with Gasteiger partial charge in [-0.25, -0.2) is 0 Å². The van der Waals surface area contributed by atoms with E-state index in [0.29, 0.717) is 11.3 Å². The van der Waals surface area contributed by atoms with Crippen molar-refractivity contribution in [2.75, 3.05) is 5.73 Å². The zero-order valence-electron chi connectivity index (χ0n) is 12.4. The third-order valence-electron chi connectivity index (χ3n) is 3.83. The molecule has 104 valence electrons. The Hall–Kier alpha value is -2.09. The number of hydrogen-bond acceptors (Lipinski definition) is 2. The molecule has 0 fully saturated rings. The molecule has 2 heteroatoms. The molecule has 0 aliphatic carbocycles. The maximum atomic E-state index is 12.8. The molecule has 0 saturated heterocycles. The molecule has 0 aliphatic rings. The molecule has 0 bridgehead atoms. The van der Waals surface area contributed by atoms with Crippen molar-refractivity contribution in [1.29, 1.82) is 0 Å². The SMILES string of the molecule is CCc1ccc(CC)c(C(=O)c2cccc(N)c2C)c1. The average molecular weight is 267 g/mol. The second kappa shape index (κ2) is 5.91. The summed E-state index contributed by atoms with van der Waals surface area (Å²) in [6.07, 6.45) is 1.78. The zero-order valence-corrected chi connectivity index (χ0v) is 12.4. The molecule has 2 N–H and O–H groups in total. The van der Waals surface area contributed by atoms with Crippen LogP contribution in [0.15, 0.2) is 36.4 Å². The monoisotopic (exact) mass is 267 g/mol. The Morgan fingerprint density at radius 1 is 1.05 bits per heavy atom. The maximum Gasteiger partial charge on any atom is 0.193 e. The summed E-state index contributed by atoms with van der Waals surface area (Å²) >= 11 is 0. The van der Waals surface area contributed by atoms with E-state index in [4.69, 9.17) is 5.73 Å². The van der Waals surface area contributed by atoms with Gasteiger partial charge < -0.3 is 5.73 Å². The molecule has 0 saturated carbocycles. The van der Waals surface area contributed by atoms with Crippen LogP contribution >= 0.6 is 0 Å². The van der Waals surface area contributed by atoms with Crippen molar-refractivity contribution < 1.29 is 4.79 Å². The number of nitrogens with two attached hydrogens (primary N) is 1. The molecule has 0 aliphatic heterocycles. The van der Waals surface area contributed by atoms with E-state index in [-0.39, 0.29) is 5.78 Å². The fourth-order valence-corrected chi connectivity index (χ4v) is 2.41. The Balaban J connectivity index is 2.55. The Morgan fingerprint density at radius 2 is 1.80 bits per heavy atom. The van der Waals surface area contributed by atoms with Crippen molar-refractivity contribution in [3.05, 3.63) is 64.2 Å². The van der Waals surface area contributed by atoms with Crippen molar-refractivity contribution in [2.45, 2.75) is 33.6 Å². The van der Waals surface area contributed by atoms with Gasteiger partial charge >= 0.3 is 0 Å². The first kappa shape index (κ1) is 14.3. The van der Waals surface area contributed by atoms with Gasteiger partial charge in [-0.2, -0.15) is 0 Å². The standard InChI is InChI=1S/C18H21NO/c1-4-13-9-10-14(5-2)16(11-13)18(20)15-7-6-8-17(19)12(15)3/h6-11H,4-5,19H2,1-3H3. The summed E-state index contributed by atoms with van der Waals surface area (Å²) in [7, 11) is 0. The van der Waals surface area contributed by atoms with Gasteiger partial charge in [-0.1, -0.05) is 38.1 Å². The molecule has 2 aromatic rings. The van der Waals surface area contributed by atoms with Crippen molar-refractivity contribution >= 4 is 11.5 Å². The lowest BCUT2D eigenvalue weighted by Crippen LogP contribution is -2.09. The largest absolute Gasteiger partial charge is 0.398 e. The van der Waals surface area contributed by atoms with Crippen molar-refractivity contribution in [3.63, 3.8) is 0 Å². The number of rotatable bonds is 4. The minimum absolute atomic E-state index is 0.0713. The van der Waals surface area contributed by atoms with E-state index < -0.39 is 0 Å². The van der Waals surface area contributed by atoms with Crippen molar-refractivity contribution in [2.24, 2.45) is 0 Å². The van der Waals surface area contributed by atoms with E-state index in [1.807, 2.05) is 31.2 Å². The molecular weight excluding hydrogens is 246 g/mol. The van der Waals surface area contributed by atoms with Crippen LogP contribution in [0.25, 0.3) is 0 Å². The van der Waals surface area contributed by atoms with Crippen LogP contribution in [0.2, 0.25) is 0 Å². The molecule has 0 aromatic heterocycles. The number of ketones is 1. The second-order valence-electron chi connectivity index (χ2n) is 5.05. The Labute approximate surface area is 120 Å². The van der Waals surface area contributed by atoms with E-state index in [1.54, 1.807) is 0 Å². The van der Waals surface area contributed by atoms with Gasteiger partial charge in [-0.05, 0) is 48.6 Å². The summed E-state index contributed by atoms with van der Waals surface area (Å²) in [5, 5.41) is 0. The number of aryl methyl sites for hydroxylation is 2. The Bertz CT molecular complexity index is 644. The van der Waals surface area contributed by atoms with E-state index in [2.05, 4.69) is 26.0 Å². The number of hydrogen-bond donors (Lipinski definition) is 1. The highest BCUT2D eigenvalue weighted by molar-refractivity contribution is 6.11. The van der Waals surface area contributed by atoms with Crippen LogP contribution < -0.4 is 5.73 Å². The van der Waals surface area contributed by atoms with Crippen LogP contribution in [0.3, 0.4) is 0 Å². The lowest BCUT2D eigenvalue weighted by molar-refractivity contribution is 0.103. The van der Waals surface area contributed by atoms with Gasteiger partial charge in [0.2, 0.25) is 0 Å². The zero-order chi connectivity index (χ0) is 14.7. The van der Waals surface area contributed by atoms with E-state index in [1.165, 1.54) is 5.56 Å². The van der Waals surface area contributed by atoms with Crippen molar-refractivity contribution in [1.82, 2.24) is 0 Å². The number of nitrogen functional groups attached to an aromatic ring is 1. The van der Waals surface area contributed by atoms with Crippen LogP contribution in [0.1, 0.15) is 46.5 Å². The predicted octanol–water partition coefficient (Wildman–Crippen LogP) is 3.93. The third kappa shape index (κ3) is 2.60. The number of carbonyl (C=O) groups excluding carboxylic acids is 1. The van der Waals surface area contributed by atoms with Crippen LogP contribution in [0.5, 0.6) is 0 Å². The second-order valence-corrected chi connectivity index (χ2v) is 5.05. The van der Waals surface area contributed by atoms with Gasteiger partial charge in [0.15, 0.2) is 5.78 Å². The summed E-state index contributed by atoms with van der Waals surface area (Å²) in [5.41, 5.74) is 11.2. The topological polar surface area (TPSA) is 43.1 Å². The van der Waals surface area contributed by atoms with Gasteiger partial charge in [-0.15, -0.1) is 0 Å². The fourth-order valence-electron chi connectivity index (χ4n) is 2.41. The number of carbonyl (C=O) groups is 1. The third-order valence-corrected chi connectivity index (χ3v) is 3.83. The lowest BCUT2D eigenvalue weighted by Gasteiger charge is -2.12. The molecule has 2 rings (SSSR count). The summed E-state index contributed by atoms with van der Waals surface area (Å²) in [4.78, 5) is 12.8. The van der Waals surface area contributed by atoms with Gasteiger partial charge in [-0.3, -0.25) is 4.79 Å². The van der Waals surface area contributed by atoms with Gasteiger partial charge in [0.1, 0.15) is 0 Å². The molecule has 0 heterocycles. The van der Waals surface area contributed by atoms with Gasteiger partial charge in [0.25, 0.3) is 0 Å². The lowest BCUT2D eigenvalue weighted by atomic mass is 9.92. The first-order valence-corrected chi connectivity index (χ1v) is 7.10. The molecule has 20 heavy (non-hydrogen) atoms. The Morgan fingerprint density at radius 3 is 2.45 bits per heavy atom. The maximum absolute atomic E-state index is 12.8. The minimum atomic E-state index is 0.0713. The quantitative estimate of drug-likeness (QED) is 0.673. The highest BCUT2D eigenvalue weighted by Gasteiger charge is 2.16. The highest BCUT2D eigenvalue weighted by Crippen LogP contribution is 2.22. The van der Waals surface area contributed by atoms with E-state index in [0.717, 1.165) is 29.5 Å². The van der Waals surface area contributed by atoms with E-state index in [9.17, 15) is 4.79 Å². The molecule has 0 unspecified atom stereocenters. The van der Waals surface area contributed by atoms with Gasteiger partial charge in [0, 0.05) is 16.8 Å². The molecular formula is C18H21NO. The van der Waals surface area contributed by atoms with E-state index >= 15 is 0 Å². The predicted molar refractivity (Wildman–Crippen MR) is 84.2 cm³/mol.